The minimum Gasteiger partial charge on any atom is -0.490 e. The molecule has 0 spiro atoms. The SMILES string of the molecule is Cc1cccc(OCCOc2ccc(CNC(=O)CC#N)cc2)c1C. The Bertz CT molecular complexity index is 749. The molecule has 25 heavy (non-hydrogen) atoms. The van der Waals surface area contributed by atoms with E-state index in [1.54, 1.807) is 0 Å². The number of rotatable bonds is 8. The first-order valence-corrected chi connectivity index (χ1v) is 8.14. The van der Waals surface area contributed by atoms with Crippen LogP contribution in [0.5, 0.6) is 11.5 Å². The summed E-state index contributed by atoms with van der Waals surface area (Å²) in [5.41, 5.74) is 3.30. The molecule has 0 heterocycles. The second kappa shape index (κ2) is 9.33. The molecule has 2 aromatic carbocycles. The van der Waals surface area contributed by atoms with Crippen LogP contribution in [0.25, 0.3) is 0 Å². The first-order valence-electron chi connectivity index (χ1n) is 8.14. The molecular formula is C20H22N2O3. The molecule has 0 aliphatic carbocycles. The minimum absolute atomic E-state index is 0.123. The Morgan fingerprint density at radius 3 is 2.52 bits per heavy atom. The summed E-state index contributed by atoms with van der Waals surface area (Å²) < 4.78 is 11.4. The highest BCUT2D eigenvalue weighted by atomic mass is 16.5. The van der Waals surface area contributed by atoms with Crippen LogP contribution in [0.3, 0.4) is 0 Å². The van der Waals surface area contributed by atoms with Gasteiger partial charge in [0.1, 0.15) is 31.1 Å². The number of nitrogens with one attached hydrogen (secondary N) is 1. The van der Waals surface area contributed by atoms with Gasteiger partial charge in [-0.25, -0.2) is 0 Å². The molecule has 2 aromatic rings. The lowest BCUT2D eigenvalue weighted by Crippen LogP contribution is -2.21. The fourth-order valence-corrected chi connectivity index (χ4v) is 2.23. The van der Waals surface area contributed by atoms with Crippen LogP contribution in [0.15, 0.2) is 42.5 Å². The Morgan fingerprint density at radius 1 is 1.08 bits per heavy atom. The third kappa shape index (κ3) is 5.85. The van der Waals surface area contributed by atoms with E-state index in [1.807, 2.05) is 49.4 Å². The number of nitriles is 1. The molecule has 0 aliphatic rings. The molecule has 130 valence electrons. The smallest absolute Gasteiger partial charge is 0.234 e. The zero-order valence-corrected chi connectivity index (χ0v) is 14.5. The molecule has 0 bridgehead atoms. The molecule has 1 N–H and O–H groups in total. The number of nitrogens with zero attached hydrogens (tertiary/aromatic N) is 1. The number of benzene rings is 2. The zero-order chi connectivity index (χ0) is 18.1. The molecule has 0 aliphatic heterocycles. The number of amides is 1. The molecule has 0 saturated carbocycles. The van der Waals surface area contributed by atoms with Crippen LogP contribution < -0.4 is 14.8 Å². The van der Waals surface area contributed by atoms with Crippen molar-refractivity contribution in [2.24, 2.45) is 0 Å². The first-order chi connectivity index (χ1) is 12.1. The van der Waals surface area contributed by atoms with Crippen LogP contribution in [0.4, 0.5) is 0 Å². The molecule has 2 rings (SSSR count). The van der Waals surface area contributed by atoms with Gasteiger partial charge < -0.3 is 14.8 Å². The quantitative estimate of drug-likeness (QED) is 0.750. The van der Waals surface area contributed by atoms with Gasteiger partial charge in [0.2, 0.25) is 5.91 Å². The maximum absolute atomic E-state index is 11.2. The van der Waals surface area contributed by atoms with Gasteiger partial charge in [-0.15, -0.1) is 0 Å². The normalized spacial score (nSPS) is 9.96. The second-order valence-electron chi connectivity index (χ2n) is 5.65. The summed E-state index contributed by atoms with van der Waals surface area (Å²) in [7, 11) is 0. The largest absolute Gasteiger partial charge is 0.490 e. The second-order valence-corrected chi connectivity index (χ2v) is 5.65. The van der Waals surface area contributed by atoms with E-state index >= 15 is 0 Å². The van der Waals surface area contributed by atoms with Crippen molar-refractivity contribution in [3.05, 3.63) is 59.2 Å². The molecule has 1 amide bonds. The van der Waals surface area contributed by atoms with Gasteiger partial charge in [0.15, 0.2) is 0 Å². The monoisotopic (exact) mass is 338 g/mol. The Morgan fingerprint density at radius 2 is 1.80 bits per heavy atom. The molecule has 5 nitrogen and oxygen atoms in total. The van der Waals surface area contributed by atoms with Crippen molar-refractivity contribution in [1.29, 1.82) is 5.26 Å². The number of carbonyl (C=O) groups is 1. The molecule has 0 unspecified atom stereocenters. The van der Waals surface area contributed by atoms with E-state index in [0.717, 1.165) is 22.6 Å². The number of hydrogen-bond acceptors (Lipinski definition) is 4. The average Bonchev–Trinajstić information content (AvgIpc) is 2.61. The van der Waals surface area contributed by atoms with Crippen LogP contribution >= 0.6 is 0 Å². The lowest BCUT2D eigenvalue weighted by molar-refractivity contribution is -0.120. The summed E-state index contributed by atoms with van der Waals surface area (Å²) in [4.78, 5) is 11.2. The third-order valence-electron chi connectivity index (χ3n) is 3.82. The van der Waals surface area contributed by atoms with Crippen molar-refractivity contribution in [2.45, 2.75) is 26.8 Å². The molecule has 5 heteroatoms. The van der Waals surface area contributed by atoms with E-state index in [1.165, 1.54) is 5.56 Å². The summed E-state index contributed by atoms with van der Waals surface area (Å²) in [5, 5.41) is 11.1. The predicted octanol–water partition coefficient (Wildman–Crippen LogP) is 3.29. The Balaban J connectivity index is 1.73. The predicted molar refractivity (Wildman–Crippen MR) is 95.4 cm³/mol. The van der Waals surface area contributed by atoms with Gasteiger partial charge in [0, 0.05) is 6.54 Å². The third-order valence-corrected chi connectivity index (χ3v) is 3.82. The van der Waals surface area contributed by atoms with Crippen molar-refractivity contribution >= 4 is 5.91 Å². The number of hydrogen-bond donors (Lipinski definition) is 1. The van der Waals surface area contributed by atoms with E-state index in [4.69, 9.17) is 14.7 Å². The van der Waals surface area contributed by atoms with Crippen molar-refractivity contribution in [2.75, 3.05) is 13.2 Å². The van der Waals surface area contributed by atoms with Gasteiger partial charge >= 0.3 is 0 Å². The molecule has 0 atom stereocenters. The first kappa shape index (κ1) is 18.3. The molecule has 0 saturated heterocycles. The lowest BCUT2D eigenvalue weighted by atomic mass is 10.1. The molecule has 0 fully saturated rings. The summed E-state index contributed by atoms with van der Waals surface area (Å²) in [6, 6.07) is 15.3. The summed E-state index contributed by atoms with van der Waals surface area (Å²) in [5.74, 6) is 1.36. The van der Waals surface area contributed by atoms with Gasteiger partial charge in [-0.2, -0.15) is 5.26 Å². The van der Waals surface area contributed by atoms with Crippen LogP contribution in [-0.2, 0) is 11.3 Å². The Hall–Kier alpha value is -3.00. The highest BCUT2D eigenvalue weighted by Crippen LogP contribution is 2.20. The van der Waals surface area contributed by atoms with Gasteiger partial charge in [0.25, 0.3) is 0 Å². The molecule has 0 radical (unpaired) electrons. The van der Waals surface area contributed by atoms with Crippen LogP contribution in [-0.4, -0.2) is 19.1 Å². The van der Waals surface area contributed by atoms with Crippen molar-refractivity contribution in [1.82, 2.24) is 5.32 Å². The Kier molecular flexibility index (Phi) is 6.85. The maximum Gasteiger partial charge on any atom is 0.234 e. The fourth-order valence-electron chi connectivity index (χ4n) is 2.23. The standard InChI is InChI=1S/C20H22N2O3/c1-15-4-3-5-19(16(15)2)25-13-12-24-18-8-6-17(7-9-18)14-22-20(23)10-11-21/h3-9H,10,12-14H2,1-2H3,(H,22,23). The molecular weight excluding hydrogens is 316 g/mol. The van der Waals surface area contributed by atoms with E-state index in [9.17, 15) is 4.79 Å². The summed E-state index contributed by atoms with van der Waals surface area (Å²) in [6.45, 7) is 5.42. The highest BCUT2D eigenvalue weighted by Gasteiger charge is 2.03. The average molecular weight is 338 g/mol. The Labute approximate surface area is 148 Å². The fraction of sp³-hybridized carbons (Fsp3) is 0.300. The van der Waals surface area contributed by atoms with E-state index in [-0.39, 0.29) is 12.3 Å². The number of ether oxygens (including phenoxy) is 2. The summed E-state index contributed by atoms with van der Waals surface area (Å²) in [6.07, 6.45) is -0.123. The van der Waals surface area contributed by atoms with Crippen molar-refractivity contribution < 1.29 is 14.3 Å². The van der Waals surface area contributed by atoms with E-state index in [0.29, 0.717) is 19.8 Å². The van der Waals surface area contributed by atoms with Gasteiger partial charge in [-0.05, 0) is 48.7 Å². The van der Waals surface area contributed by atoms with E-state index in [2.05, 4.69) is 18.3 Å². The van der Waals surface area contributed by atoms with E-state index < -0.39 is 0 Å². The number of carbonyl (C=O) groups excluding carboxylic acids is 1. The minimum atomic E-state index is -0.272. The van der Waals surface area contributed by atoms with Gasteiger partial charge in [0.05, 0.1) is 6.07 Å². The topological polar surface area (TPSA) is 71.3 Å². The maximum atomic E-state index is 11.2. The number of aryl methyl sites for hydroxylation is 1. The van der Waals surface area contributed by atoms with Crippen molar-refractivity contribution in [3.63, 3.8) is 0 Å². The van der Waals surface area contributed by atoms with Crippen LogP contribution in [0.2, 0.25) is 0 Å². The summed E-state index contributed by atoms with van der Waals surface area (Å²) >= 11 is 0. The van der Waals surface area contributed by atoms with Crippen LogP contribution in [0, 0.1) is 25.2 Å². The van der Waals surface area contributed by atoms with Gasteiger partial charge in [-0.1, -0.05) is 24.3 Å². The lowest BCUT2D eigenvalue weighted by Gasteiger charge is -2.12. The highest BCUT2D eigenvalue weighted by molar-refractivity contribution is 5.77. The van der Waals surface area contributed by atoms with Crippen LogP contribution in [0.1, 0.15) is 23.1 Å². The molecule has 0 aromatic heterocycles. The van der Waals surface area contributed by atoms with Crippen molar-refractivity contribution in [3.8, 4) is 17.6 Å². The zero-order valence-electron chi connectivity index (χ0n) is 14.5. The van der Waals surface area contributed by atoms with Gasteiger partial charge in [-0.3, -0.25) is 4.79 Å².